The molecule has 0 bridgehead atoms. The first kappa shape index (κ1) is 23.3. The minimum atomic E-state index is -0.315. The van der Waals surface area contributed by atoms with Gasteiger partial charge in [-0.15, -0.1) is 0 Å². The molecule has 0 aliphatic heterocycles. The first-order valence-corrected chi connectivity index (χ1v) is 12.0. The van der Waals surface area contributed by atoms with E-state index in [0.29, 0.717) is 28.8 Å². The van der Waals surface area contributed by atoms with Crippen molar-refractivity contribution >= 4 is 29.5 Å². The third kappa shape index (κ3) is 5.63. The summed E-state index contributed by atoms with van der Waals surface area (Å²) in [7, 11) is 0. The second kappa shape index (κ2) is 10.1. The highest BCUT2D eigenvalue weighted by molar-refractivity contribution is 6.17. The molecular weight excluding hydrogens is 454 g/mol. The van der Waals surface area contributed by atoms with Crippen LogP contribution in [0.2, 0.25) is 0 Å². The van der Waals surface area contributed by atoms with Gasteiger partial charge in [0.05, 0.1) is 17.3 Å². The molecule has 0 spiro atoms. The summed E-state index contributed by atoms with van der Waals surface area (Å²) < 4.78 is 0. The van der Waals surface area contributed by atoms with Crippen molar-refractivity contribution in [1.82, 2.24) is 15.0 Å². The molecular formula is C27H27N7O2. The molecule has 0 saturated heterocycles. The summed E-state index contributed by atoms with van der Waals surface area (Å²) in [6, 6.07) is 9.72. The predicted molar refractivity (Wildman–Crippen MR) is 139 cm³/mol. The Labute approximate surface area is 209 Å². The van der Waals surface area contributed by atoms with E-state index in [1.807, 2.05) is 31.2 Å². The van der Waals surface area contributed by atoms with Crippen LogP contribution in [0.25, 0.3) is 22.4 Å². The molecule has 2 aliphatic rings. The van der Waals surface area contributed by atoms with Gasteiger partial charge in [-0.25, -0.2) is 9.97 Å². The number of aryl methyl sites for hydroxylation is 1. The highest BCUT2D eigenvalue weighted by atomic mass is 16.2. The zero-order valence-corrected chi connectivity index (χ0v) is 19.9. The Hall–Kier alpha value is -4.40. The number of aromatic nitrogens is 3. The number of nitrogens with two attached hydrogens (primary N) is 1. The fraction of sp³-hybridized carbons (Fsp3) is 0.259. The van der Waals surface area contributed by atoms with Crippen molar-refractivity contribution < 1.29 is 9.59 Å². The van der Waals surface area contributed by atoms with Crippen molar-refractivity contribution in [3.05, 3.63) is 66.4 Å². The quantitative estimate of drug-likeness (QED) is 0.330. The maximum absolute atomic E-state index is 12.7. The van der Waals surface area contributed by atoms with Crippen LogP contribution in [0.3, 0.4) is 0 Å². The van der Waals surface area contributed by atoms with Gasteiger partial charge in [0.2, 0.25) is 5.91 Å². The van der Waals surface area contributed by atoms with E-state index in [1.165, 1.54) is 12.5 Å². The van der Waals surface area contributed by atoms with E-state index in [2.05, 4.69) is 30.6 Å². The van der Waals surface area contributed by atoms with Crippen molar-refractivity contribution in [3.63, 3.8) is 0 Å². The highest BCUT2D eigenvalue weighted by Crippen LogP contribution is 2.31. The average Bonchev–Trinajstić information content (AvgIpc) is 3.80. The molecule has 0 atom stereocenters. The maximum atomic E-state index is 12.7. The minimum Gasteiger partial charge on any atom is -0.404 e. The second-order valence-corrected chi connectivity index (χ2v) is 9.13. The number of carbonyl (C=O) groups excluding carboxylic acids is 2. The van der Waals surface area contributed by atoms with Crippen LogP contribution >= 0.6 is 0 Å². The maximum Gasteiger partial charge on any atom is 0.258 e. The molecule has 182 valence electrons. The van der Waals surface area contributed by atoms with Crippen molar-refractivity contribution in [2.24, 2.45) is 16.6 Å². The Balaban J connectivity index is 1.36. The number of nitrogens with one attached hydrogen (secondary N) is 2. The fourth-order valence-electron chi connectivity index (χ4n) is 3.69. The van der Waals surface area contributed by atoms with Gasteiger partial charge in [-0.2, -0.15) is 0 Å². The Kier molecular flexibility index (Phi) is 6.53. The molecule has 0 radical (unpaired) electrons. The summed E-state index contributed by atoms with van der Waals surface area (Å²) in [5.41, 5.74) is 10.9. The normalized spacial score (nSPS) is 15.6. The van der Waals surface area contributed by atoms with Gasteiger partial charge in [0.1, 0.15) is 12.1 Å². The van der Waals surface area contributed by atoms with Crippen LogP contribution in [-0.4, -0.2) is 39.0 Å². The lowest BCUT2D eigenvalue weighted by Gasteiger charge is -2.12. The summed E-state index contributed by atoms with van der Waals surface area (Å²) >= 11 is 0. The van der Waals surface area contributed by atoms with Crippen molar-refractivity contribution in [1.29, 1.82) is 0 Å². The molecule has 1 aromatic carbocycles. The number of hydrogen-bond acceptors (Lipinski definition) is 7. The third-order valence-corrected chi connectivity index (χ3v) is 6.12. The van der Waals surface area contributed by atoms with Gasteiger partial charge in [0.25, 0.3) is 5.91 Å². The molecule has 2 amide bonds. The summed E-state index contributed by atoms with van der Waals surface area (Å²) in [5, 5.41) is 5.75. The first-order chi connectivity index (χ1) is 17.5. The molecule has 2 heterocycles. The number of carbonyl (C=O) groups is 2. The molecule has 36 heavy (non-hydrogen) atoms. The topological polar surface area (TPSA) is 135 Å². The SMILES string of the molecule is Cc1ccc(NC(=O)/C(C=NC2CC2)=C/N)cc1-c1cncc(-c2cc(NC(=O)C3CC3)ncn2)c1. The van der Waals surface area contributed by atoms with Crippen molar-refractivity contribution in [3.8, 4) is 22.4 Å². The summed E-state index contributed by atoms with van der Waals surface area (Å²) in [5.74, 6) is 0.237. The lowest BCUT2D eigenvalue weighted by Crippen LogP contribution is -2.16. The van der Waals surface area contributed by atoms with Crippen LogP contribution in [0.1, 0.15) is 31.2 Å². The van der Waals surface area contributed by atoms with Crippen LogP contribution in [0, 0.1) is 12.8 Å². The van der Waals surface area contributed by atoms with Crippen LogP contribution in [0.15, 0.2) is 65.8 Å². The molecule has 2 saturated carbocycles. The number of anilines is 2. The van der Waals surface area contributed by atoms with Gasteiger partial charge < -0.3 is 16.4 Å². The molecule has 3 aromatic rings. The minimum absolute atomic E-state index is 0.00698. The van der Waals surface area contributed by atoms with Crippen molar-refractivity contribution in [2.45, 2.75) is 38.6 Å². The van der Waals surface area contributed by atoms with E-state index in [4.69, 9.17) is 5.73 Å². The molecule has 0 unspecified atom stereocenters. The van der Waals surface area contributed by atoms with Crippen LogP contribution < -0.4 is 16.4 Å². The molecule has 2 aromatic heterocycles. The number of rotatable bonds is 8. The van der Waals surface area contributed by atoms with Crippen LogP contribution in [-0.2, 0) is 9.59 Å². The summed E-state index contributed by atoms with van der Waals surface area (Å²) in [6.07, 6.45) is 11.7. The Bertz CT molecular complexity index is 1370. The number of amides is 2. The predicted octanol–water partition coefficient (Wildman–Crippen LogP) is 3.88. The number of hydrogen-bond donors (Lipinski definition) is 3. The van der Waals surface area contributed by atoms with Crippen molar-refractivity contribution in [2.75, 3.05) is 10.6 Å². The summed E-state index contributed by atoms with van der Waals surface area (Å²) in [4.78, 5) is 42.1. The number of benzene rings is 1. The highest BCUT2D eigenvalue weighted by Gasteiger charge is 2.29. The van der Waals surface area contributed by atoms with E-state index < -0.39 is 0 Å². The van der Waals surface area contributed by atoms with E-state index in [-0.39, 0.29) is 17.7 Å². The Morgan fingerprint density at radius 1 is 1.03 bits per heavy atom. The van der Waals surface area contributed by atoms with Gasteiger partial charge in [-0.3, -0.25) is 19.6 Å². The average molecular weight is 482 g/mol. The molecule has 9 nitrogen and oxygen atoms in total. The van der Waals surface area contributed by atoms with Gasteiger partial charge >= 0.3 is 0 Å². The smallest absolute Gasteiger partial charge is 0.258 e. The number of aliphatic imine (C=N–C) groups is 1. The first-order valence-electron chi connectivity index (χ1n) is 12.0. The molecule has 5 rings (SSSR count). The zero-order chi connectivity index (χ0) is 25.1. The van der Waals surface area contributed by atoms with E-state index in [9.17, 15) is 9.59 Å². The van der Waals surface area contributed by atoms with E-state index in [0.717, 1.165) is 47.9 Å². The molecule has 2 fully saturated rings. The van der Waals surface area contributed by atoms with Gasteiger partial charge in [-0.1, -0.05) is 6.07 Å². The number of nitrogens with zero attached hydrogens (tertiary/aromatic N) is 4. The monoisotopic (exact) mass is 481 g/mol. The third-order valence-electron chi connectivity index (χ3n) is 6.12. The summed E-state index contributed by atoms with van der Waals surface area (Å²) in [6.45, 7) is 2.00. The molecule has 9 heteroatoms. The van der Waals surface area contributed by atoms with Gasteiger partial charge in [0.15, 0.2) is 0 Å². The molecule has 2 aliphatic carbocycles. The van der Waals surface area contributed by atoms with E-state index in [1.54, 1.807) is 24.7 Å². The van der Waals surface area contributed by atoms with Gasteiger partial charge in [-0.05, 0) is 61.9 Å². The second-order valence-electron chi connectivity index (χ2n) is 9.13. The Morgan fingerprint density at radius 2 is 1.83 bits per heavy atom. The van der Waals surface area contributed by atoms with Crippen LogP contribution in [0.5, 0.6) is 0 Å². The number of pyridine rings is 1. The lowest BCUT2D eigenvalue weighted by molar-refractivity contribution is -0.117. The van der Waals surface area contributed by atoms with E-state index >= 15 is 0 Å². The molecule has 4 N–H and O–H groups in total. The van der Waals surface area contributed by atoms with Crippen LogP contribution in [0.4, 0.5) is 11.5 Å². The largest absolute Gasteiger partial charge is 0.404 e. The standard InChI is InChI=1S/C27H27N7O2/c1-16-2-5-22(33-27(36)20(11-28)14-30-21-6-7-21)9-23(16)18-8-19(13-29-12-18)24-10-25(32-15-31-24)34-26(35)17-3-4-17/h2,5,8-15,17,21H,3-4,6-7,28H2,1H3,(H,33,36)(H,31,32,34,35)/b20-11+,30-14?. The fourth-order valence-corrected chi connectivity index (χ4v) is 3.69. The Morgan fingerprint density at radius 3 is 2.58 bits per heavy atom. The lowest BCUT2D eigenvalue weighted by atomic mass is 9.99. The van der Waals surface area contributed by atoms with Gasteiger partial charge in [0, 0.05) is 53.6 Å². The zero-order valence-electron chi connectivity index (χ0n) is 19.9.